The molecule has 0 spiro atoms. The Kier molecular flexibility index (Phi) is 2.91. The van der Waals surface area contributed by atoms with E-state index in [2.05, 4.69) is 0 Å². The van der Waals surface area contributed by atoms with E-state index in [1.54, 1.807) is 7.11 Å². The molecule has 0 unspecified atom stereocenters. The van der Waals surface area contributed by atoms with Crippen molar-refractivity contribution in [2.75, 3.05) is 13.7 Å². The molecule has 0 saturated carbocycles. The highest BCUT2D eigenvalue weighted by Crippen LogP contribution is 2.45. The van der Waals surface area contributed by atoms with Crippen molar-refractivity contribution < 1.29 is 14.9 Å². The Balaban J connectivity index is 2.46. The maximum Gasteiger partial charge on any atom is 0.122 e. The van der Waals surface area contributed by atoms with Gasteiger partial charge in [-0.25, -0.2) is 0 Å². The molecule has 3 nitrogen and oxygen atoms in total. The van der Waals surface area contributed by atoms with Crippen LogP contribution in [0.3, 0.4) is 0 Å². The van der Waals surface area contributed by atoms with Crippen molar-refractivity contribution in [1.82, 2.24) is 0 Å². The van der Waals surface area contributed by atoms with Gasteiger partial charge in [-0.05, 0) is 30.0 Å². The molecule has 0 bridgehead atoms. The average Bonchev–Trinajstić information content (AvgIpc) is 2.33. The molecule has 0 radical (unpaired) electrons. The first-order valence-electron chi connectivity index (χ1n) is 5.57. The first kappa shape index (κ1) is 11.4. The summed E-state index contributed by atoms with van der Waals surface area (Å²) in [6.07, 6.45) is 1.00. The molecule has 0 saturated heterocycles. The minimum atomic E-state index is -0.614. The highest BCUT2D eigenvalue weighted by atomic mass is 16.5. The van der Waals surface area contributed by atoms with Gasteiger partial charge in [0.05, 0.1) is 19.8 Å². The molecule has 88 valence electrons. The second-order valence-corrected chi connectivity index (χ2v) is 4.74. The number of benzene rings is 1. The highest BCUT2D eigenvalue weighted by molar-refractivity contribution is 5.43. The Morgan fingerprint density at radius 1 is 1.50 bits per heavy atom. The molecule has 1 aromatic carbocycles. The maximum atomic E-state index is 10.3. The monoisotopic (exact) mass is 222 g/mol. The van der Waals surface area contributed by atoms with Crippen LogP contribution in [-0.4, -0.2) is 23.9 Å². The Bertz CT molecular complexity index is 389. The van der Waals surface area contributed by atoms with Crippen molar-refractivity contribution in [2.24, 2.45) is 5.41 Å². The fourth-order valence-electron chi connectivity index (χ4n) is 2.39. The van der Waals surface area contributed by atoms with Crippen LogP contribution < -0.4 is 4.74 Å². The van der Waals surface area contributed by atoms with Crippen LogP contribution in [0.15, 0.2) is 18.2 Å². The van der Waals surface area contributed by atoms with Crippen LogP contribution in [0, 0.1) is 5.41 Å². The van der Waals surface area contributed by atoms with Gasteiger partial charge in [-0.2, -0.15) is 0 Å². The first-order chi connectivity index (χ1) is 7.62. The largest absolute Gasteiger partial charge is 0.496 e. The van der Waals surface area contributed by atoms with E-state index in [0.29, 0.717) is 0 Å². The number of hydrogen-bond donors (Lipinski definition) is 2. The molecule has 0 aromatic heterocycles. The number of aliphatic hydroxyl groups excluding tert-OH is 2. The second-order valence-electron chi connectivity index (χ2n) is 4.74. The number of ether oxygens (including phenoxy) is 1. The number of hydrogen-bond acceptors (Lipinski definition) is 3. The van der Waals surface area contributed by atoms with Crippen molar-refractivity contribution >= 4 is 0 Å². The van der Waals surface area contributed by atoms with E-state index < -0.39 is 11.5 Å². The van der Waals surface area contributed by atoms with Crippen molar-refractivity contribution in [3.63, 3.8) is 0 Å². The highest BCUT2D eigenvalue weighted by Gasteiger charge is 2.38. The van der Waals surface area contributed by atoms with Gasteiger partial charge in [0.1, 0.15) is 5.75 Å². The van der Waals surface area contributed by atoms with Gasteiger partial charge in [-0.1, -0.05) is 19.1 Å². The van der Waals surface area contributed by atoms with Crippen molar-refractivity contribution in [1.29, 1.82) is 0 Å². The minimum Gasteiger partial charge on any atom is -0.496 e. The van der Waals surface area contributed by atoms with Gasteiger partial charge in [0.25, 0.3) is 0 Å². The first-order valence-corrected chi connectivity index (χ1v) is 5.57. The van der Waals surface area contributed by atoms with Crippen molar-refractivity contribution in [3.05, 3.63) is 29.3 Å². The molecule has 2 N–H and O–H groups in total. The fourth-order valence-corrected chi connectivity index (χ4v) is 2.39. The predicted molar refractivity (Wildman–Crippen MR) is 61.5 cm³/mol. The van der Waals surface area contributed by atoms with Gasteiger partial charge in [0.15, 0.2) is 0 Å². The Hall–Kier alpha value is -1.06. The van der Waals surface area contributed by atoms with Gasteiger partial charge in [-0.3, -0.25) is 0 Å². The van der Waals surface area contributed by atoms with E-state index in [9.17, 15) is 10.2 Å². The molecule has 1 aliphatic rings. The molecule has 1 aliphatic carbocycles. The maximum absolute atomic E-state index is 10.3. The zero-order valence-electron chi connectivity index (χ0n) is 9.73. The van der Waals surface area contributed by atoms with Crippen LogP contribution in [0.2, 0.25) is 0 Å². The summed E-state index contributed by atoms with van der Waals surface area (Å²) in [5.41, 5.74) is 1.53. The Morgan fingerprint density at radius 2 is 2.25 bits per heavy atom. The van der Waals surface area contributed by atoms with Crippen LogP contribution in [0.5, 0.6) is 5.75 Å². The molecule has 0 fully saturated rings. The lowest BCUT2D eigenvalue weighted by Gasteiger charge is -2.38. The molecule has 0 amide bonds. The lowest BCUT2D eigenvalue weighted by Crippen LogP contribution is -2.34. The van der Waals surface area contributed by atoms with E-state index in [1.165, 1.54) is 0 Å². The number of rotatable bonds is 2. The summed E-state index contributed by atoms with van der Waals surface area (Å²) in [6.45, 7) is 1.92. The SMILES string of the molecule is COc1cccc2c1CC[C@](C)(CO)[C@@H]2O. The molecule has 16 heavy (non-hydrogen) atoms. The normalized spacial score (nSPS) is 28.6. The molecule has 3 heteroatoms. The predicted octanol–water partition coefficient (Wildman–Crippen LogP) is 1.67. The smallest absolute Gasteiger partial charge is 0.122 e. The zero-order chi connectivity index (χ0) is 11.8. The quantitative estimate of drug-likeness (QED) is 0.800. The molecule has 0 aliphatic heterocycles. The summed E-state index contributed by atoms with van der Waals surface area (Å²) in [6, 6.07) is 5.70. The van der Waals surface area contributed by atoms with Crippen LogP contribution >= 0.6 is 0 Å². The van der Waals surface area contributed by atoms with E-state index in [4.69, 9.17) is 4.74 Å². The van der Waals surface area contributed by atoms with Crippen molar-refractivity contribution in [3.8, 4) is 5.75 Å². The molecular weight excluding hydrogens is 204 g/mol. The van der Waals surface area contributed by atoms with Crippen LogP contribution in [-0.2, 0) is 6.42 Å². The minimum absolute atomic E-state index is 0.00478. The van der Waals surface area contributed by atoms with Gasteiger partial charge >= 0.3 is 0 Å². The van der Waals surface area contributed by atoms with Crippen LogP contribution in [0.4, 0.5) is 0 Å². The Morgan fingerprint density at radius 3 is 2.88 bits per heavy atom. The van der Waals surface area contributed by atoms with E-state index >= 15 is 0 Å². The number of fused-ring (bicyclic) bond motifs is 1. The third-order valence-corrected chi connectivity index (χ3v) is 3.65. The lowest BCUT2D eigenvalue weighted by molar-refractivity contribution is -0.0204. The third kappa shape index (κ3) is 1.60. The summed E-state index contributed by atoms with van der Waals surface area (Å²) in [5, 5.41) is 19.7. The van der Waals surface area contributed by atoms with E-state index in [1.807, 2.05) is 25.1 Å². The van der Waals surface area contributed by atoms with Gasteiger partial charge in [0.2, 0.25) is 0 Å². The van der Waals surface area contributed by atoms with Crippen LogP contribution in [0.25, 0.3) is 0 Å². The zero-order valence-corrected chi connectivity index (χ0v) is 9.73. The fraction of sp³-hybridized carbons (Fsp3) is 0.538. The summed E-state index contributed by atoms with van der Waals surface area (Å²) < 4.78 is 5.29. The number of methoxy groups -OCH3 is 1. The van der Waals surface area contributed by atoms with E-state index in [-0.39, 0.29) is 6.61 Å². The standard InChI is InChI=1S/C13H18O3/c1-13(8-14)7-6-9-10(12(13)15)4-3-5-11(9)16-2/h3-5,12,14-15H,6-8H2,1-2H3/t12-,13-/m1/s1. The molecule has 1 aromatic rings. The topological polar surface area (TPSA) is 49.7 Å². The summed E-state index contributed by atoms with van der Waals surface area (Å²) in [4.78, 5) is 0. The average molecular weight is 222 g/mol. The summed E-state index contributed by atoms with van der Waals surface area (Å²) in [5.74, 6) is 0.830. The molecule has 0 heterocycles. The molecule has 2 rings (SSSR count). The van der Waals surface area contributed by atoms with Gasteiger partial charge in [0, 0.05) is 5.41 Å². The number of aliphatic hydroxyl groups is 2. The van der Waals surface area contributed by atoms with E-state index in [0.717, 1.165) is 29.7 Å². The van der Waals surface area contributed by atoms with Crippen LogP contribution in [0.1, 0.15) is 30.6 Å². The van der Waals surface area contributed by atoms with Crippen molar-refractivity contribution in [2.45, 2.75) is 25.9 Å². The third-order valence-electron chi connectivity index (χ3n) is 3.65. The molecule has 2 atom stereocenters. The summed E-state index contributed by atoms with van der Waals surface area (Å²) >= 11 is 0. The lowest BCUT2D eigenvalue weighted by atomic mass is 9.71. The summed E-state index contributed by atoms with van der Waals surface area (Å²) in [7, 11) is 1.64. The van der Waals surface area contributed by atoms with Gasteiger partial charge in [-0.15, -0.1) is 0 Å². The molecular formula is C13H18O3. The Labute approximate surface area is 95.7 Å². The van der Waals surface area contributed by atoms with Gasteiger partial charge < -0.3 is 14.9 Å². The second kappa shape index (κ2) is 4.07.